The number of likely N-dealkylation sites (N-methyl/N-ethyl adjacent to an activating group) is 1. The first kappa shape index (κ1) is 41.0. The number of carbonyl (C=O) groups excluding carboxylic acids is 2. The summed E-state index contributed by atoms with van der Waals surface area (Å²) in [6, 6.07) is 0. The van der Waals surface area contributed by atoms with E-state index >= 15 is 0 Å². The molecule has 0 aromatic rings. The van der Waals surface area contributed by atoms with Crippen molar-refractivity contribution in [2.24, 2.45) is 0 Å². The van der Waals surface area contributed by atoms with Crippen LogP contribution in [0.1, 0.15) is 129 Å². The minimum atomic E-state index is -1.50. The summed E-state index contributed by atoms with van der Waals surface area (Å²) in [5, 5.41) is 9.51. The summed E-state index contributed by atoms with van der Waals surface area (Å²) in [6.07, 6.45) is 20.2. The summed E-state index contributed by atoms with van der Waals surface area (Å²) in [5.74, 6) is -2.04. The second kappa shape index (κ2) is 27.6. The lowest BCUT2D eigenvalue weighted by Crippen LogP contribution is -2.40. The molecule has 0 aliphatic carbocycles. The molecule has 0 amide bonds. The van der Waals surface area contributed by atoms with Crippen LogP contribution in [0.25, 0.3) is 0 Å². The fourth-order valence-electron chi connectivity index (χ4n) is 4.30. The van der Waals surface area contributed by atoms with E-state index in [4.69, 9.17) is 18.9 Å². The van der Waals surface area contributed by atoms with Crippen LogP contribution in [0.2, 0.25) is 0 Å². The minimum absolute atomic E-state index is 0.184. The Balaban J connectivity index is 4.55. The van der Waals surface area contributed by atoms with Crippen LogP contribution in [0.4, 0.5) is 0 Å². The number of carboxylic acid groups (broad SMARTS) is 1. The van der Waals surface area contributed by atoms with E-state index in [0.29, 0.717) is 23.9 Å². The van der Waals surface area contributed by atoms with Gasteiger partial charge in [0.05, 0.1) is 34.4 Å². The smallest absolute Gasteiger partial charge is 0.361 e. The van der Waals surface area contributed by atoms with Gasteiger partial charge in [-0.15, -0.1) is 0 Å². The molecule has 0 radical (unpaired) electrons. The van der Waals surface area contributed by atoms with Gasteiger partial charge in [0.25, 0.3) is 6.29 Å². The van der Waals surface area contributed by atoms with Crippen LogP contribution in [0, 0.1) is 0 Å². The third-order valence-corrected chi connectivity index (χ3v) is 7.02. The van der Waals surface area contributed by atoms with E-state index < -0.39 is 24.3 Å². The van der Waals surface area contributed by atoms with Gasteiger partial charge in [-0.05, 0) is 38.5 Å². The molecule has 43 heavy (non-hydrogen) atoms. The van der Waals surface area contributed by atoms with E-state index in [1.165, 1.54) is 32.1 Å². The maximum atomic E-state index is 12.6. The standard InChI is InChI=1S/C34H63NO8/c1-6-8-10-12-13-14-15-16-17-18-19-21-23-25-32(37)43-30(28-41-31(36)24-22-20-11-9-7-2)29-42-34(33(38)39)40-27-26-35(3,4)5/h14-15,30,34H,6-13,16-29H2,1-5H3/p+1/b15-14-. The number of carboxylic acids is 1. The van der Waals surface area contributed by atoms with Crippen LogP contribution in [0.15, 0.2) is 12.2 Å². The van der Waals surface area contributed by atoms with E-state index in [0.717, 1.165) is 64.2 Å². The highest BCUT2D eigenvalue weighted by Gasteiger charge is 2.25. The number of unbranched alkanes of at least 4 members (excludes halogenated alkanes) is 13. The molecule has 0 rings (SSSR count). The van der Waals surface area contributed by atoms with Crippen molar-refractivity contribution in [2.45, 2.75) is 142 Å². The van der Waals surface area contributed by atoms with Crippen molar-refractivity contribution in [1.82, 2.24) is 0 Å². The number of aliphatic carboxylic acids is 1. The molecule has 0 heterocycles. The third kappa shape index (κ3) is 28.6. The number of hydrogen-bond acceptors (Lipinski definition) is 7. The molecule has 9 nitrogen and oxygen atoms in total. The summed E-state index contributed by atoms with van der Waals surface area (Å²) >= 11 is 0. The second-order valence-electron chi connectivity index (χ2n) is 12.5. The molecule has 2 atom stereocenters. The number of hydrogen-bond donors (Lipinski definition) is 1. The zero-order valence-electron chi connectivity index (χ0n) is 28.1. The van der Waals surface area contributed by atoms with Gasteiger partial charge in [0.1, 0.15) is 13.2 Å². The fraction of sp³-hybridized carbons (Fsp3) is 0.853. The maximum absolute atomic E-state index is 12.6. The van der Waals surface area contributed by atoms with Gasteiger partial charge in [-0.3, -0.25) is 9.59 Å². The lowest BCUT2D eigenvalue weighted by molar-refractivity contribution is -0.870. The predicted molar refractivity (Wildman–Crippen MR) is 171 cm³/mol. The first-order valence-electron chi connectivity index (χ1n) is 16.9. The summed E-state index contributed by atoms with van der Waals surface area (Å²) in [6.45, 7) is 4.72. The zero-order valence-corrected chi connectivity index (χ0v) is 28.1. The van der Waals surface area contributed by atoms with Crippen molar-refractivity contribution in [2.75, 3.05) is 47.5 Å². The topological polar surface area (TPSA) is 108 Å². The molecule has 0 spiro atoms. The van der Waals surface area contributed by atoms with E-state index in [1.54, 1.807) is 0 Å². The van der Waals surface area contributed by atoms with E-state index in [9.17, 15) is 19.5 Å². The highest BCUT2D eigenvalue weighted by Crippen LogP contribution is 2.12. The molecule has 1 N–H and O–H groups in total. The quantitative estimate of drug-likeness (QED) is 0.0297. The number of rotatable bonds is 30. The van der Waals surface area contributed by atoms with Gasteiger partial charge < -0.3 is 28.5 Å². The molecule has 0 aromatic carbocycles. The van der Waals surface area contributed by atoms with Gasteiger partial charge >= 0.3 is 17.9 Å². The summed E-state index contributed by atoms with van der Waals surface area (Å²) in [7, 11) is 5.92. The third-order valence-electron chi connectivity index (χ3n) is 7.02. The van der Waals surface area contributed by atoms with Gasteiger partial charge in [0.2, 0.25) is 0 Å². The van der Waals surface area contributed by atoms with Crippen LogP contribution in [0.5, 0.6) is 0 Å². The van der Waals surface area contributed by atoms with Crippen molar-refractivity contribution in [3.8, 4) is 0 Å². The molecule has 9 heteroatoms. The normalized spacial score (nSPS) is 13.2. The molecule has 2 unspecified atom stereocenters. The van der Waals surface area contributed by atoms with Gasteiger partial charge in [-0.25, -0.2) is 4.79 Å². The van der Waals surface area contributed by atoms with E-state index in [-0.39, 0.29) is 32.2 Å². The minimum Gasteiger partial charge on any atom is -0.477 e. The van der Waals surface area contributed by atoms with Crippen molar-refractivity contribution < 1.29 is 42.9 Å². The predicted octanol–water partition coefficient (Wildman–Crippen LogP) is 7.21. The maximum Gasteiger partial charge on any atom is 0.361 e. The summed E-state index contributed by atoms with van der Waals surface area (Å²) in [5.41, 5.74) is 0. The molecule has 0 saturated heterocycles. The monoisotopic (exact) mass is 614 g/mol. The van der Waals surface area contributed by atoms with Crippen molar-refractivity contribution in [3.63, 3.8) is 0 Å². The average Bonchev–Trinajstić information content (AvgIpc) is 2.94. The molecule has 0 fully saturated rings. The average molecular weight is 615 g/mol. The first-order valence-corrected chi connectivity index (χ1v) is 16.9. The van der Waals surface area contributed by atoms with Crippen LogP contribution in [0.3, 0.4) is 0 Å². The highest BCUT2D eigenvalue weighted by atomic mass is 16.7. The number of quaternary nitrogens is 1. The number of nitrogens with zero attached hydrogens (tertiary/aromatic N) is 1. The number of carbonyl (C=O) groups is 3. The number of ether oxygens (including phenoxy) is 4. The fourth-order valence-corrected chi connectivity index (χ4v) is 4.30. The molecule has 0 saturated carbocycles. The van der Waals surface area contributed by atoms with Gasteiger partial charge in [0, 0.05) is 12.8 Å². The molecule has 0 bridgehead atoms. The highest BCUT2D eigenvalue weighted by molar-refractivity contribution is 5.71. The zero-order chi connectivity index (χ0) is 32.2. The Kier molecular flexibility index (Phi) is 26.3. The largest absolute Gasteiger partial charge is 0.477 e. The lowest BCUT2D eigenvalue weighted by atomic mass is 10.1. The van der Waals surface area contributed by atoms with E-state index in [2.05, 4.69) is 26.0 Å². The van der Waals surface area contributed by atoms with Crippen LogP contribution in [-0.2, 0) is 33.3 Å². The Morgan fingerprint density at radius 2 is 1.19 bits per heavy atom. The Morgan fingerprint density at radius 1 is 0.674 bits per heavy atom. The van der Waals surface area contributed by atoms with Gasteiger partial charge in [0.15, 0.2) is 6.10 Å². The van der Waals surface area contributed by atoms with Gasteiger partial charge in [-0.2, -0.15) is 0 Å². The number of esters is 2. The van der Waals surface area contributed by atoms with Gasteiger partial charge in [-0.1, -0.05) is 90.2 Å². The lowest BCUT2D eigenvalue weighted by Gasteiger charge is -2.25. The Morgan fingerprint density at radius 3 is 1.74 bits per heavy atom. The van der Waals surface area contributed by atoms with Crippen LogP contribution in [-0.4, -0.2) is 87.4 Å². The Labute approximate surface area is 262 Å². The molecular formula is C34H64NO8+. The molecule has 252 valence electrons. The molecule has 0 aliphatic heterocycles. The summed E-state index contributed by atoms with van der Waals surface area (Å²) < 4.78 is 22.4. The second-order valence-corrected chi connectivity index (χ2v) is 12.5. The van der Waals surface area contributed by atoms with Crippen molar-refractivity contribution in [3.05, 3.63) is 12.2 Å². The van der Waals surface area contributed by atoms with E-state index in [1.807, 2.05) is 21.1 Å². The van der Waals surface area contributed by atoms with Crippen LogP contribution >= 0.6 is 0 Å². The first-order chi connectivity index (χ1) is 20.6. The van der Waals surface area contributed by atoms with Crippen molar-refractivity contribution in [1.29, 1.82) is 0 Å². The Bertz CT molecular complexity index is 734. The molecular weight excluding hydrogens is 550 g/mol. The summed E-state index contributed by atoms with van der Waals surface area (Å²) in [4.78, 5) is 36.4. The number of allylic oxidation sites excluding steroid dienone is 2. The molecule has 0 aliphatic rings. The van der Waals surface area contributed by atoms with Crippen LogP contribution < -0.4 is 0 Å². The Hall–Kier alpha value is -1.97. The molecule has 0 aromatic heterocycles. The van der Waals surface area contributed by atoms with Crippen molar-refractivity contribution >= 4 is 17.9 Å². The SMILES string of the molecule is CCCCCC/C=C\CCCCCCCC(=O)OC(COC(=O)CCCCCCC)COC(OCC[N+](C)(C)C)C(=O)O.